The molecule has 5 rings (SSSR count). The van der Waals surface area contributed by atoms with E-state index in [9.17, 15) is 4.79 Å². The van der Waals surface area contributed by atoms with Gasteiger partial charge < -0.3 is 9.72 Å². The number of aryl methyl sites for hydroxylation is 1. The van der Waals surface area contributed by atoms with Crippen LogP contribution < -0.4 is 10.3 Å². The molecule has 2 aromatic carbocycles. The van der Waals surface area contributed by atoms with Crippen molar-refractivity contribution < 1.29 is 4.74 Å². The fourth-order valence-corrected chi connectivity index (χ4v) is 3.90. The Kier molecular flexibility index (Phi) is 5.43. The maximum absolute atomic E-state index is 13.1. The first-order valence-corrected chi connectivity index (χ1v) is 11.5. The minimum absolute atomic E-state index is 0.133. The van der Waals surface area contributed by atoms with Gasteiger partial charge in [-0.15, -0.1) is 5.10 Å². The predicted octanol–water partition coefficient (Wildman–Crippen LogP) is 4.25. The molecule has 34 heavy (non-hydrogen) atoms. The van der Waals surface area contributed by atoms with Gasteiger partial charge in [0.2, 0.25) is 5.78 Å². The van der Waals surface area contributed by atoms with Gasteiger partial charge in [-0.25, -0.2) is 4.98 Å². The minimum Gasteiger partial charge on any atom is -0.489 e. The van der Waals surface area contributed by atoms with Crippen LogP contribution in [0.3, 0.4) is 0 Å². The molecule has 0 aliphatic rings. The summed E-state index contributed by atoms with van der Waals surface area (Å²) in [6.45, 7) is 9.12. The summed E-state index contributed by atoms with van der Waals surface area (Å²) >= 11 is 0. The summed E-state index contributed by atoms with van der Waals surface area (Å²) < 4.78 is 9.19. The molecule has 5 aromatic rings. The zero-order valence-corrected chi connectivity index (χ0v) is 19.9. The molecule has 174 valence electrons. The van der Waals surface area contributed by atoms with E-state index in [1.807, 2.05) is 61.5 Å². The summed E-state index contributed by atoms with van der Waals surface area (Å²) in [6, 6.07) is 18.0. The molecule has 0 saturated carbocycles. The summed E-state index contributed by atoms with van der Waals surface area (Å²) in [4.78, 5) is 25.7. The zero-order valence-electron chi connectivity index (χ0n) is 19.9. The highest BCUT2D eigenvalue weighted by Gasteiger charge is 2.23. The Morgan fingerprint density at radius 3 is 2.38 bits per heavy atom. The Labute approximate surface area is 197 Å². The third-order valence-corrected chi connectivity index (χ3v) is 5.78. The lowest BCUT2D eigenvalue weighted by atomic mass is 9.96. The lowest BCUT2D eigenvalue weighted by Crippen LogP contribution is -2.22. The Morgan fingerprint density at radius 2 is 1.71 bits per heavy atom. The first kappa shape index (κ1) is 21.9. The number of imidazole rings is 1. The Hall–Kier alpha value is -3.94. The Morgan fingerprint density at radius 1 is 0.971 bits per heavy atom. The SMILES string of the molecule is CCn1c(=O)c2[nH]c(C(C)(C)C)nc2n2nc(Cc3ccc(OCc4ccccc4)cc3)nc12. The Bertz CT molecular complexity index is 1510. The highest BCUT2D eigenvalue weighted by molar-refractivity contribution is 5.72. The quantitative estimate of drug-likeness (QED) is 0.412. The molecule has 3 heterocycles. The van der Waals surface area contributed by atoms with Gasteiger partial charge in [-0.1, -0.05) is 63.2 Å². The van der Waals surface area contributed by atoms with E-state index in [1.165, 1.54) is 0 Å². The molecule has 0 fully saturated rings. The average Bonchev–Trinajstić information content (AvgIpc) is 3.45. The van der Waals surface area contributed by atoms with E-state index in [4.69, 9.17) is 14.8 Å². The minimum atomic E-state index is -0.220. The van der Waals surface area contributed by atoms with Crippen LogP contribution >= 0.6 is 0 Å². The second kappa shape index (κ2) is 8.44. The lowest BCUT2D eigenvalue weighted by molar-refractivity contribution is 0.306. The molecule has 0 amide bonds. The van der Waals surface area contributed by atoms with Crippen LogP contribution in [0.25, 0.3) is 16.9 Å². The number of rotatable bonds is 6. The van der Waals surface area contributed by atoms with Crippen molar-refractivity contribution in [3.8, 4) is 5.75 Å². The molecule has 0 unspecified atom stereocenters. The van der Waals surface area contributed by atoms with Gasteiger partial charge >= 0.3 is 0 Å². The normalized spacial score (nSPS) is 12.0. The molecular weight excluding hydrogens is 428 g/mol. The van der Waals surface area contributed by atoms with Crippen LogP contribution in [0.2, 0.25) is 0 Å². The number of nitrogens with zero attached hydrogens (tertiary/aromatic N) is 5. The van der Waals surface area contributed by atoms with Crippen molar-refractivity contribution in [3.05, 3.63) is 87.7 Å². The third-order valence-electron chi connectivity index (χ3n) is 5.78. The summed E-state index contributed by atoms with van der Waals surface area (Å²) in [7, 11) is 0. The van der Waals surface area contributed by atoms with Gasteiger partial charge in [0, 0.05) is 18.4 Å². The van der Waals surface area contributed by atoms with Crippen molar-refractivity contribution in [1.29, 1.82) is 0 Å². The Balaban J connectivity index is 1.43. The summed E-state index contributed by atoms with van der Waals surface area (Å²) in [6.07, 6.45) is 0.538. The third kappa shape index (κ3) is 4.07. The molecule has 0 atom stereocenters. The van der Waals surface area contributed by atoms with E-state index in [2.05, 4.69) is 30.7 Å². The number of ether oxygens (including phenoxy) is 1. The number of aromatic amines is 1. The number of aromatic nitrogens is 6. The van der Waals surface area contributed by atoms with Crippen LogP contribution in [0.1, 0.15) is 50.5 Å². The van der Waals surface area contributed by atoms with Gasteiger partial charge in [-0.3, -0.25) is 9.36 Å². The topological polar surface area (TPSA) is 90.1 Å². The van der Waals surface area contributed by atoms with Crippen molar-refractivity contribution in [1.82, 2.24) is 29.1 Å². The van der Waals surface area contributed by atoms with Crippen molar-refractivity contribution in [2.24, 2.45) is 0 Å². The van der Waals surface area contributed by atoms with Crippen LogP contribution in [0, 0.1) is 0 Å². The number of fused-ring (bicyclic) bond motifs is 3. The van der Waals surface area contributed by atoms with Crippen molar-refractivity contribution in [2.75, 3.05) is 0 Å². The van der Waals surface area contributed by atoms with E-state index >= 15 is 0 Å². The van der Waals surface area contributed by atoms with Gasteiger partial charge in [0.15, 0.2) is 17.0 Å². The van der Waals surface area contributed by atoms with Crippen molar-refractivity contribution in [2.45, 2.75) is 52.7 Å². The smallest absolute Gasteiger partial charge is 0.281 e. The first-order valence-electron chi connectivity index (χ1n) is 11.5. The summed E-state index contributed by atoms with van der Waals surface area (Å²) in [5.41, 5.74) is 2.80. The molecule has 8 nitrogen and oxygen atoms in total. The molecular formula is C26H28N6O2. The van der Waals surface area contributed by atoms with Gasteiger partial charge in [0.25, 0.3) is 5.56 Å². The van der Waals surface area contributed by atoms with Crippen molar-refractivity contribution in [3.63, 3.8) is 0 Å². The molecule has 0 aliphatic heterocycles. The summed E-state index contributed by atoms with van der Waals surface area (Å²) in [5, 5.41) is 4.71. The molecule has 8 heteroatoms. The van der Waals surface area contributed by atoms with Crippen LogP contribution in [-0.2, 0) is 25.0 Å². The lowest BCUT2D eigenvalue weighted by Gasteiger charge is -2.13. The molecule has 0 spiro atoms. The first-order chi connectivity index (χ1) is 16.3. The standard InChI is InChI=1S/C26H28N6O2/c1-5-31-23(33)21-22(29-24(28-21)26(2,3)4)32-25(31)27-20(30-32)15-17-11-13-19(14-12-17)34-16-18-9-7-6-8-10-18/h6-14H,5,15-16H2,1-4H3,(H,28,29). The maximum atomic E-state index is 13.1. The maximum Gasteiger partial charge on any atom is 0.281 e. The van der Waals surface area contributed by atoms with Crippen LogP contribution in [-0.4, -0.2) is 29.1 Å². The molecule has 0 bridgehead atoms. The second-order valence-corrected chi connectivity index (χ2v) is 9.42. The van der Waals surface area contributed by atoms with Gasteiger partial charge in [0.05, 0.1) is 0 Å². The monoisotopic (exact) mass is 456 g/mol. The number of hydrogen-bond acceptors (Lipinski definition) is 5. The number of nitrogens with one attached hydrogen (secondary N) is 1. The molecule has 0 saturated heterocycles. The molecule has 1 N–H and O–H groups in total. The van der Waals surface area contributed by atoms with E-state index in [0.29, 0.717) is 42.3 Å². The van der Waals surface area contributed by atoms with Gasteiger partial charge in [0.1, 0.15) is 18.2 Å². The van der Waals surface area contributed by atoms with Crippen LogP contribution in [0.15, 0.2) is 59.4 Å². The number of hydrogen-bond donors (Lipinski definition) is 1. The van der Waals surface area contributed by atoms with Crippen LogP contribution in [0.5, 0.6) is 5.75 Å². The van der Waals surface area contributed by atoms with Crippen LogP contribution in [0.4, 0.5) is 0 Å². The largest absolute Gasteiger partial charge is 0.489 e. The van der Waals surface area contributed by atoms with Gasteiger partial charge in [-0.2, -0.15) is 9.50 Å². The highest BCUT2D eigenvalue weighted by Crippen LogP contribution is 2.22. The number of benzene rings is 2. The molecule has 0 radical (unpaired) electrons. The predicted molar refractivity (Wildman–Crippen MR) is 131 cm³/mol. The molecule has 0 aliphatic carbocycles. The van der Waals surface area contributed by atoms with Crippen molar-refractivity contribution >= 4 is 16.9 Å². The van der Waals surface area contributed by atoms with E-state index in [1.54, 1.807) is 9.08 Å². The fraction of sp³-hybridized carbons (Fsp3) is 0.308. The zero-order chi connectivity index (χ0) is 23.9. The fourth-order valence-electron chi connectivity index (χ4n) is 3.90. The molecule has 3 aromatic heterocycles. The summed E-state index contributed by atoms with van der Waals surface area (Å²) in [5.74, 6) is 2.69. The highest BCUT2D eigenvalue weighted by atomic mass is 16.5. The van der Waals surface area contributed by atoms with Gasteiger partial charge in [-0.05, 0) is 30.2 Å². The average molecular weight is 457 g/mol. The number of H-pyrrole nitrogens is 1. The van der Waals surface area contributed by atoms with E-state index in [0.717, 1.165) is 22.7 Å². The van der Waals surface area contributed by atoms with E-state index < -0.39 is 0 Å². The second-order valence-electron chi connectivity index (χ2n) is 9.42. The van der Waals surface area contributed by atoms with E-state index in [-0.39, 0.29) is 11.0 Å².